The zero-order chi connectivity index (χ0) is 15.2. The number of rotatable bonds is 4. The quantitative estimate of drug-likeness (QED) is 0.622. The Morgan fingerprint density at radius 3 is 2.10 bits per heavy atom. The molecule has 0 unspecified atom stereocenters. The minimum absolute atomic E-state index is 0.180. The van der Waals surface area contributed by atoms with E-state index in [-0.39, 0.29) is 17.7 Å². The first-order valence-electron chi connectivity index (χ1n) is 6.35. The van der Waals surface area contributed by atoms with Gasteiger partial charge in [-0.2, -0.15) is 0 Å². The van der Waals surface area contributed by atoms with E-state index in [0.717, 1.165) is 4.47 Å². The van der Waals surface area contributed by atoms with E-state index in [2.05, 4.69) is 15.9 Å². The number of carbonyl (C=O) groups excluding carboxylic acids is 2. The lowest BCUT2D eigenvalue weighted by Crippen LogP contribution is -2.15. The van der Waals surface area contributed by atoms with Crippen molar-refractivity contribution in [2.75, 3.05) is 6.61 Å². The fraction of sp³-hybridized carbons (Fsp3) is 0.125. The summed E-state index contributed by atoms with van der Waals surface area (Å²) in [6.07, 6.45) is 0. The van der Waals surface area contributed by atoms with Crippen LogP contribution >= 0.6 is 15.9 Å². The molecule has 0 amide bonds. The highest BCUT2D eigenvalue weighted by Crippen LogP contribution is 2.19. The highest BCUT2D eigenvalue weighted by molar-refractivity contribution is 9.10. The molecule has 0 heterocycles. The molecule has 21 heavy (non-hydrogen) atoms. The first kappa shape index (κ1) is 15.3. The fourth-order valence-corrected chi connectivity index (χ4v) is 1.98. The molecule has 2 aromatic carbocycles. The van der Waals surface area contributed by atoms with Crippen LogP contribution in [0.4, 0.5) is 0 Å². The van der Waals surface area contributed by atoms with Crippen molar-refractivity contribution in [1.82, 2.24) is 0 Å². The summed E-state index contributed by atoms with van der Waals surface area (Å²) in [5.74, 6) is -0.733. The average Bonchev–Trinajstić information content (AvgIpc) is 2.50. The Hall–Kier alpha value is -2.14. The number of esters is 2. The summed E-state index contributed by atoms with van der Waals surface area (Å²) in [5.41, 5.74) is 0.375. The smallest absolute Gasteiger partial charge is 0.344 e. The van der Waals surface area contributed by atoms with Crippen molar-refractivity contribution in [2.45, 2.75) is 6.92 Å². The predicted octanol–water partition coefficient (Wildman–Crippen LogP) is 3.85. The molecule has 0 spiro atoms. The Labute approximate surface area is 130 Å². The Morgan fingerprint density at radius 2 is 1.52 bits per heavy atom. The van der Waals surface area contributed by atoms with Crippen LogP contribution in [0.15, 0.2) is 53.0 Å². The minimum Gasteiger partial charge on any atom is -0.462 e. The first-order chi connectivity index (χ1) is 10.1. The van der Waals surface area contributed by atoms with Crippen LogP contribution in [0.5, 0.6) is 5.75 Å². The summed E-state index contributed by atoms with van der Waals surface area (Å²) in [6, 6.07) is 13.3. The molecule has 0 atom stereocenters. The van der Waals surface area contributed by atoms with Crippen molar-refractivity contribution in [3.8, 4) is 5.75 Å². The van der Waals surface area contributed by atoms with Crippen LogP contribution < -0.4 is 4.74 Å². The van der Waals surface area contributed by atoms with Gasteiger partial charge in [-0.25, -0.2) is 9.59 Å². The number of carbonyl (C=O) groups is 2. The summed E-state index contributed by atoms with van der Waals surface area (Å²) < 4.78 is 11.1. The van der Waals surface area contributed by atoms with Gasteiger partial charge in [-0.3, -0.25) is 0 Å². The van der Waals surface area contributed by atoms with E-state index in [1.54, 1.807) is 43.3 Å². The molecule has 0 saturated carbocycles. The second kappa shape index (κ2) is 7.04. The van der Waals surface area contributed by atoms with Crippen LogP contribution in [0.2, 0.25) is 0 Å². The largest absolute Gasteiger partial charge is 0.462 e. The standard InChI is InChI=1S/C16H13BrO4/c1-2-20-15(18)13-5-3-4-6-14(13)16(19)21-12-9-7-11(17)8-10-12/h3-10H,2H2,1H3. The summed E-state index contributed by atoms with van der Waals surface area (Å²) >= 11 is 3.30. The molecule has 5 heteroatoms. The first-order valence-corrected chi connectivity index (χ1v) is 7.15. The van der Waals surface area contributed by atoms with Crippen LogP contribution in [0.1, 0.15) is 27.6 Å². The van der Waals surface area contributed by atoms with Crippen molar-refractivity contribution < 1.29 is 19.1 Å². The monoisotopic (exact) mass is 348 g/mol. The maximum absolute atomic E-state index is 12.2. The average molecular weight is 349 g/mol. The highest BCUT2D eigenvalue weighted by atomic mass is 79.9. The summed E-state index contributed by atoms with van der Waals surface area (Å²) in [4.78, 5) is 24.0. The van der Waals surface area contributed by atoms with Gasteiger partial charge in [0.2, 0.25) is 0 Å². The van der Waals surface area contributed by atoms with Crippen LogP contribution in [0.25, 0.3) is 0 Å². The molecule has 0 aliphatic carbocycles. The highest BCUT2D eigenvalue weighted by Gasteiger charge is 2.19. The van der Waals surface area contributed by atoms with Gasteiger partial charge in [0, 0.05) is 4.47 Å². The second-order valence-electron chi connectivity index (χ2n) is 4.11. The zero-order valence-electron chi connectivity index (χ0n) is 11.3. The van der Waals surface area contributed by atoms with Crippen LogP contribution in [0.3, 0.4) is 0 Å². The predicted molar refractivity (Wildman–Crippen MR) is 81.5 cm³/mol. The zero-order valence-corrected chi connectivity index (χ0v) is 12.9. The lowest BCUT2D eigenvalue weighted by molar-refractivity contribution is 0.0517. The Balaban J connectivity index is 2.23. The molecule has 0 fully saturated rings. The maximum atomic E-state index is 12.2. The van der Waals surface area contributed by atoms with Gasteiger partial charge in [0.15, 0.2) is 0 Å². The van der Waals surface area contributed by atoms with E-state index in [9.17, 15) is 9.59 Å². The Morgan fingerprint density at radius 1 is 0.952 bits per heavy atom. The van der Waals surface area contributed by atoms with Gasteiger partial charge in [-0.05, 0) is 43.3 Å². The van der Waals surface area contributed by atoms with Gasteiger partial charge in [-0.15, -0.1) is 0 Å². The third-order valence-electron chi connectivity index (χ3n) is 2.67. The molecule has 0 aliphatic heterocycles. The number of ether oxygens (including phenoxy) is 2. The summed E-state index contributed by atoms with van der Waals surface area (Å²) in [6.45, 7) is 1.95. The molecule has 4 nitrogen and oxygen atoms in total. The molecule has 0 radical (unpaired) electrons. The molecule has 0 aromatic heterocycles. The van der Waals surface area contributed by atoms with Crippen molar-refractivity contribution in [3.05, 3.63) is 64.1 Å². The van der Waals surface area contributed by atoms with Crippen molar-refractivity contribution in [1.29, 1.82) is 0 Å². The van der Waals surface area contributed by atoms with Gasteiger partial charge in [0.25, 0.3) is 0 Å². The third kappa shape index (κ3) is 3.92. The van der Waals surface area contributed by atoms with E-state index in [1.807, 2.05) is 0 Å². The summed E-state index contributed by atoms with van der Waals surface area (Å²) in [7, 11) is 0. The van der Waals surface area contributed by atoms with Crippen molar-refractivity contribution in [3.63, 3.8) is 0 Å². The molecule has 0 bridgehead atoms. The lowest BCUT2D eigenvalue weighted by atomic mass is 10.1. The SMILES string of the molecule is CCOC(=O)c1ccccc1C(=O)Oc1ccc(Br)cc1. The molecule has 108 valence electrons. The van der Waals surface area contributed by atoms with Gasteiger partial charge >= 0.3 is 11.9 Å². The number of hydrogen-bond acceptors (Lipinski definition) is 4. The van der Waals surface area contributed by atoms with Gasteiger partial charge in [0.1, 0.15) is 5.75 Å². The number of hydrogen-bond donors (Lipinski definition) is 0. The topological polar surface area (TPSA) is 52.6 Å². The third-order valence-corrected chi connectivity index (χ3v) is 3.20. The van der Waals surface area contributed by atoms with E-state index in [0.29, 0.717) is 5.75 Å². The van der Waals surface area contributed by atoms with Crippen LogP contribution in [-0.4, -0.2) is 18.5 Å². The Bertz CT molecular complexity index is 650. The van der Waals surface area contributed by atoms with Crippen LogP contribution in [-0.2, 0) is 4.74 Å². The fourth-order valence-electron chi connectivity index (χ4n) is 1.71. The van der Waals surface area contributed by atoms with Gasteiger partial charge in [-0.1, -0.05) is 28.1 Å². The molecule has 0 aliphatic rings. The molecular weight excluding hydrogens is 336 g/mol. The van der Waals surface area contributed by atoms with Gasteiger partial charge in [0.05, 0.1) is 17.7 Å². The van der Waals surface area contributed by atoms with E-state index < -0.39 is 11.9 Å². The maximum Gasteiger partial charge on any atom is 0.344 e. The summed E-state index contributed by atoms with van der Waals surface area (Å²) in [5, 5.41) is 0. The lowest BCUT2D eigenvalue weighted by Gasteiger charge is -2.08. The Kier molecular flexibility index (Phi) is 5.11. The second-order valence-corrected chi connectivity index (χ2v) is 5.03. The molecule has 2 rings (SSSR count). The van der Waals surface area contributed by atoms with E-state index in [1.165, 1.54) is 12.1 Å². The minimum atomic E-state index is -0.596. The van der Waals surface area contributed by atoms with Crippen LogP contribution in [0, 0.1) is 0 Å². The van der Waals surface area contributed by atoms with Gasteiger partial charge < -0.3 is 9.47 Å². The molecule has 0 N–H and O–H groups in total. The van der Waals surface area contributed by atoms with E-state index >= 15 is 0 Å². The number of halogens is 1. The molecule has 0 saturated heterocycles. The molecular formula is C16H13BrO4. The van der Waals surface area contributed by atoms with Crippen molar-refractivity contribution in [2.24, 2.45) is 0 Å². The van der Waals surface area contributed by atoms with E-state index in [4.69, 9.17) is 9.47 Å². The number of benzene rings is 2. The normalized spacial score (nSPS) is 10.0. The van der Waals surface area contributed by atoms with Crippen molar-refractivity contribution >= 4 is 27.9 Å². The molecule has 2 aromatic rings.